The molecule has 7 aliphatic rings. The summed E-state index contributed by atoms with van der Waals surface area (Å²) in [6.45, 7) is 16.0. The van der Waals surface area contributed by atoms with Crippen LogP contribution in [0.25, 0.3) is 0 Å². The second-order valence-corrected chi connectivity index (χ2v) is 18.8. The van der Waals surface area contributed by atoms with Crippen LogP contribution < -0.4 is 0 Å². The van der Waals surface area contributed by atoms with E-state index in [9.17, 15) is 30.3 Å². The number of carbonyl (C=O) groups is 1. The summed E-state index contributed by atoms with van der Waals surface area (Å²) in [5.41, 5.74) is -2.18. The molecule has 47 heavy (non-hydrogen) atoms. The van der Waals surface area contributed by atoms with Crippen molar-refractivity contribution in [1.82, 2.24) is 0 Å². The van der Waals surface area contributed by atoms with Crippen LogP contribution in [0.1, 0.15) is 113 Å². The third kappa shape index (κ3) is 4.60. The van der Waals surface area contributed by atoms with E-state index in [4.69, 9.17) is 18.9 Å². The summed E-state index contributed by atoms with van der Waals surface area (Å²) in [4.78, 5) is 11.9. The van der Waals surface area contributed by atoms with Gasteiger partial charge in [0.25, 0.3) is 0 Å². The van der Waals surface area contributed by atoms with Gasteiger partial charge in [-0.1, -0.05) is 27.7 Å². The molecule has 10 nitrogen and oxygen atoms in total. The van der Waals surface area contributed by atoms with Crippen LogP contribution in [0.5, 0.6) is 0 Å². The summed E-state index contributed by atoms with van der Waals surface area (Å²) >= 11 is 0. The largest absolute Gasteiger partial charge is 0.454 e. The number of hydrogen-bond acceptors (Lipinski definition) is 10. The fraction of sp³-hybridized carbons (Fsp3) is 0.973. The molecule has 16 atom stereocenters. The molecule has 0 unspecified atom stereocenters. The third-order valence-corrected chi connectivity index (χ3v) is 15.8. The average Bonchev–Trinajstić information content (AvgIpc) is 3.30. The number of ether oxygens (including phenoxy) is 4. The summed E-state index contributed by atoms with van der Waals surface area (Å²) < 4.78 is 24.4. The molecule has 0 aromatic heterocycles. The van der Waals surface area contributed by atoms with Crippen molar-refractivity contribution >= 4 is 5.97 Å². The summed E-state index contributed by atoms with van der Waals surface area (Å²) in [6.07, 6.45) is 1.48. The van der Waals surface area contributed by atoms with Gasteiger partial charge in [0.05, 0.1) is 42.2 Å². The van der Waals surface area contributed by atoms with Gasteiger partial charge in [0.1, 0.15) is 12.2 Å². The molecule has 0 amide bonds. The number of fused-ring (bicyclic) bond motifs is 2. The fourth-order valence-corrected chi connectivity index (χ4v) is 13.7. The van der Waals surface area contributed by atoms with Gasteiger partial charge in [-0.05, 0) is 117 Å². The van der Waals surface area contributed by atoms with Gasteiger partial charge in [0, 0.05) is 12.8 Å². The van der Waals surface area contributed by atoms with Gasteiger partial charge in [0.15, 0.2) is 12.4 Å². The van der Waals surface area contributed by atoms with Crippen molar-refractivity contribution in [2.24, 2.45) is 44.8 Å². The first-order valence-corrected chi connectivity index (χ1v) is 18.2. The maximum atomic E-state index is 12.2. The lowest BCUT2D eigenvalue weighted by molar-refractivity contribution is -0.309. The minimum Gasteiger partial charge on any atom is -0.454 e. The standard InChI is InChI=1S/C37H60O10/c1-19(38)45-27-26(42)22(41)17-44-30(27)46-24-10-12-37-18-36(37)14-13-33(6)29(35(8)11-9-25(47-35)32(4,5)43)21(40)16-34(33,7)23(36)15-20(39)28(37)31(24,2)3/h20-30,39-43H,9-18H2,1-8H3/t20-,21-,22+,23-,24-,25+,26-,27+,28+,29-,30-,33+,34-,35-,36-,37+/m0/s1. The maximum Gasteiger partial charge on any atom is 0.303 e. The predicted octanol–water partition coefficient (Wildman–Crippen LogP) is 3.47. The van der Waals surface area contributed by atoms with Gasteiger partial charge < -0.3 is 44.5 Å². The molecule has 268 valence electrons. The van der Waals surface area contributed by atoms with E-state index >= 15 is 0 Å². The van der Waals surface area contributed by atoms with E-state index in [1.807, 2.05) is 13.8 Å². The van der Waals surface area contributed by atoms with Crippen LogP contribution in [0.15, 0.2) is 0 Å². The molecule has 0 bridgehead atoms. The van der Waals surface area contributed by atoms with E-state index in [0.717, 1.165) is 44.9 Å². The topological polar surface area (TPSA) is 155 Å². The minimum absolute atomic E-state index is 0.00501. The molecule has 2 aliphatic heterocycles. The Kier molecular flexibility index (Phi) is 7.80. The SMILES string of the molecule is CC(=O)O[C@H]1[C@H](O[C@H]2CC[C@]34C[C@]35CC[C@]3(C)[C@@H]([C@]6(C)CC[C@H](C(C)(C)O)O6)[C@@H](O)C[C@@]3(C)[C@@H]5C[C@H](O)[C@@H]4C2(C)C)OC[C@@H](O)[C@@H]1O. The van der Waals surface area contributed by atoms with Crippen LogP contribution in [0.4, 0.5) is 0 Å². The highest BCUT2D eigenvalue weighted by Gasteiger charge is 2.85. The Labute approximate surface area is 279 Å². The van der Waals surface area contributed by atoms with Gasteiger partial charge in [-0.25, -0.2) is 0 Å². The smallest absolute Gasteiger partial charge is 0.303 e. The average molecular weight is 665 g/mol. The molecule has 7 rings (SSSR count). The number of hydrogen-bond donors (Lipinski definition) is 5. The Morgan fingerprint density at radius 1 is 0.851 bits per heavy atom. The van der Waals surface area contributed by atoms with E-state index in [2.05, 4.69) is 34.6 Å². The van der Waals surface area contributed by atoms with Crippen molar-refractivity contribution in [3.63, 3.8) is 0 Å². The molecule has 0 aromatic rings. The highest BCUT2D eigenvalue weighted by molar-refractivity contribution is 5.66. The molecule has 10 heteroatoms. The number of aliphatic hydroxyl groups excluding tert-OH is 4. The first-order valence-electron chi connectivity index (χ1n) is 18.2. The molecule has 0 aromatic carbocycles. The van der Waals surface area contributed by atoms with Gasteiger partial charge >= 0.3 is 5.97 Å². The summed E-state index contributed by atoms with van der Waals surface area (Å²) in [5, 5.41) is 55.8. The van der Waals surface area contributed by atoms with Crippen molar-refractivity contribution in [3.8, 4) is 0 Å². The normalized spacial score (nSPS) is 56.6. The predicted molar refractivity (Wildman–Crippen MR) is 171 cm³/mol. The number of carbonyl (C=O) groups excluding carboxylic acids is 1. The Hall–Kier alpha value is -0.850. The Morgan fingerprint density at radius 2 is 1.55 bits per heavy atom. The van der Waals surface area contributed by atoms with E-state index in [-0.39, 0.29) is 58.2 Å². The van der Waals surface area contributed by atoms with Crippen LogP contribution in [0.3, 0.4) is 0 Å². The molecule has 2 spiro atoms. The molecule has 0 radical (unpaired) electrons. The molecular weight excluding hydrogens is 604 g/mol. The lowest BCUT2D eigenvalue weighted by atomic mass is 9.41. The Balaban J connectivity index is 1.15. The molecule has 5 saturated carbocycles. The summed E-state index contributed by atoms with van der Waals surface area (Å²) in [6, 6.07) is 0. The molecule has 5 N–H and O–H groups in total. The van der Waals surface area contributed by atoms with Crippen LogP contribution >= 0.6 is 0 Å². The van der Waals surface area contributed by atoms with Crippen molar-refractivity contribution < 1.29 is 49.3 Å². The maximum absolute atomic E-state index is 12.2. The van der Waals surface area contributed by atoms with E-state index < -0.39 is 59.4 Å². The Morgan fingerprint density at radius 3 is 2.19 bits per heavy atom. The van der Waals surface area contributed by atoms with Crippen LogP contribution in [0, 0.1) is 44.8 Å². The second-order valence-electron chi connectivity index (χ2n) is 18.8. The van der Waals surface area contributed by atoms with E-state index in [1.54, 1.807) is 0 Å². The summed E-state index contributed by atoms with van der Waals surface area (Å²) in [7, 11) is 0. The van der Waals surface area contributed by atoms with Crippen LogP contribution in [-0.4, -0.2) is 98.3 Å². The molecule has 2 saturated heterocycles. The highest BCUT2D eigenvalue weighted by Crippen LogP contribution is 2.89. The van der Waals surface area contributed by atoms with Crippen molar-refractivity contribution in [2.75, 3.05) is 6.61 Å². The quantitative estimate of drug-likeness (QED) is 0.218. The van der Waals surface area contributed by atoms with E-state index in [0.29, 0.717) is 12.8 Å². The van der Waals surface area contributed by atoms with Crippen LogP contribution in [-0.2, 0) is 23.7 Å². The van der Waals surface area contributed by atoms with Crippen molar-refractivity contribution in [3.05, 3.63) is 0 Å². The molecule has 7 fully saturated rings. The number of aliphatic hydroxyl groups is 5. The first-order chi connectivity index (χ1) is 21.7. The lowest BCUT2D eigenvalue weighted by Gasteiger charge is -2.64. The van der Waals surface area contributed by atoms with Gasteiger partial charge in [-0.2, -0.15) is 0 Å². The monoisotopic (exact) mass is 664 g/mol. The van der Waals surface area contributed by atoms with Gasteiger partial charge in [-0.15, -0.1) is 0 Å². The lowest BCUT2D eigenvalue weighted by Crippen LogP contribution is -2.63. The molecular formula is C37H60O10. The molecule has 2 heterocycles. The zero-order valence-corrected chi connectivity index (χ0v) is 29.7. The van der Waals surface area contributed by atoms with Crippen LogP contribution in [0.2, 0.25) is 0 Å². The second kappa shape index (κ2) is 10.6. The highest BCUT2D eigenvalue weighted by atomic mass is 16.7. The fourth-order valence-electron chi connectivity index (χ4n) is 13.7. The zero-order valence-electron chi connectivity index (χ0n) is 29.7. The van der Waals surface area contributed by atoms with Gasteiger partial charge in [-0.3, -0.25) is 4.79 Å². The Bertz CT molecular complexity index is 1270. The first kappa shape index (κ1) is 34.6. The zero-order chi connectivity index (χ0) is 34.3. The van der Waals surface area contributed by atoms with Gasteiger partial charge in [0.2, 0.25) is 0 Å². The van der Waals surface area contributed by atoms with Crippen molar-refractivity contribution in [1.29, 1.82) is 0 Å². The number of esters is 1. The summed E-state index contributed by atoms with van der Waals surface area (Å²) in [5.74, 6) is -0.368. The number of rotatable bonds is 5. The van der Waals surface area contributed by atoms with Crippen molar-refractivity contribution in [2.45, 2.75) is 173 Å². The van der Waals surface area contributed by atoms with E-state index in [1.165, 1.54) is 6.92 Å². The third-order valence-electron chi connectivity index (χ3n) is 15.8. The molecule has 5 aliphatic carbocycles. The minimum atomic E-state index is -1.32.